The van der Waals surface area contributed by atoms with Crippen molar-refractivity contribution in [3.63, 3.8) is 0 Å². The fourth-order valence-electron chi connectivity index (χ4n) is 5.07. The summed E-state index contributed by atoms with van der Waals surface area (Å²) in [7, 11) is 0. The Bertz CT molecular complexity index is 1180. The molecular formula is C26H26N6O. The zero-order valence-corrected chi connectivity index (χ0v) is 18.5. The van der Waals surface area contributed by atoms with Gasteiger partial charge in [0, 0.05) is 44.1 Å². The number of nitriles is 1. The molecule has 0 N–H and O–H groups in total. The molecule has 5 rings (SSSR count). The number of piperidine rings is 2. The summed E-state index contributed by atoms with van der Waals surface area (Å²) in [6.45, 7) is 2.96. The van der Waals surface area contributed by atoms with E-state index >= 15 is 0 Å². The average Bonchev–Trinajstić information content (AvgIpc) is 2.88. The first kappa shape index (κ1) is 21.1. The number of hydrogen-bond donors (Lipinski definition) is 0. The van der Waals surface area contributed by atoms with Crippen LogP contribution in [0.4, 0.5) is 5.82 Å². The Morgan fingerprint density at radius 1 is 0.970 bits per heavy atom. The number of benzene rings is 1. The van der Waals surface area contributed by atoms with Crippen LogP contribution in [0.15, 0.2) is 60.9 Å². The highest BCUT2D eigenvalue weighted by Crippen LogP contribution is 2.42. The second-order valence-electron chi connectivity index (χ2n) is 8.86. The molecule has 0 aliphatic carbocycles. The van der Waals surface area contributed by atoms with E-state index in [0.29, 0.717) is 18.1 Å². The first-order valence-electron chi connectivity index (χ1n) is 11.4. The topological polar surface area (TPSA) is 86.0 Å². The molecule has 4 heterocycles. The Morgan fingerprint density at radius 3 is 2.55 bits per heavy atom. The van der Waals surface area contributed by atoms with Crippen LogP contribution >= 0.6 is 0 Å². The fourth-order valence-corrected chi connectivity index (χ4v) is 5.07. The van der Waals surface area contributed by atoms with Gasteiger partial charge in [-0.05, 0) is 55.5 Å². The Kier molecular flexibility index (Phi) is 5.74. The third-order valence-electron chi connectivity index (χ3n) is 6.84. The van der Waals surface area contributed by atoms with Crippen molar-refractivity contribution in [1.82, 2.24) is 19.9 Å². The van der Waals surface area contributed by atoms with E-state index in [2.05, 4.69) is 38.1 Å². The number of hydrogen-bond acceptors (Lipinski definition) is 6. The van der Waals surface area contributed by atoms with Crippen LogP contribution < -0.4 is 4.90 Å². The second kappa shape index (κ2) is 8.99. The minimum atomic E-state index is -0.290. The maximum Gasteiger partial charge on any atom is 0.229 e. The van der Waals surface area contributed by atoms with E-state index in [-0.39, 0.29) is 11.3 Å². The molecule has 1 amide bonds. The number of amides is 1. The van der Waals surface area contributed by atoms with Gasteiger partial charge < -0.3 is 9.80 Å². The van der Waals surface area contributed by atoms with Crippen molar-refractivity contribution in [2.45, 2.75) is 32.2 Å². The van der Waals surface area contributed by atoms with Crippen LogP contribution in [0.2, 0.25) is 0 Å². The lowest BCUT2D eigenvalue weighted by atomic mass is 9.71. The van der Waals surface area contributed by atoms with Crippen molar-refractivity contribution < 1.29 is 4.79 Å². The summed E-state index contributed by atoms with van der Waals surface area (Å²) in [6.07, 6.45) is 7.09. The first-order chi connectivity index (χ1) is 16.2. The van der Waals surface area contributed by atoms with Gasteiger partial charge >= 0.3 is 0 Å². The molecule has 0 atom stereocenters. The Hall–Kier alpha value is -3.79. The molecule has 2 aliphatic heterocycles. The van der Waals surface area contributed by atoms with E-state index in [4.69, 9.17) is 5.26 Å². The summed E-state index contributed by atoms with van der Waals surface area (Å²) in [4.78, 5) is 31.0. The molecule has 0 bridgehead atoms. The molecule has 7 nitrogen and oxygen atoms in total. The number of carbonyl (C=O) groups excluding carboxylic acids is 1. The van der Waals surface area contributed by atoms with Gasteiger partial charge in [-0.15, -0.1) is 0 Å². The number of rotatable bonds is 4. The van der Waals surface area contributed by atoms with Gasteiger partial charge in [-0.3, -0.25) is 4.79 Å². The number of anilines is 1. The molecule has 2 aromatic heterocycles. The molecule has 0 radical (unpaired) electrons. The molecule has 2 fully saturated rings. The second-order valence-corrected chi connectivity index (χ2v) is 8.86. The van der Waals surface area contributed by atoms with Crippen molar-refractivity contribution in [2.24, 2.45) is 5.41 Å². The first-order valence-corrected chi connectivity index (χ1v) is 11.4. The van der Waals surface area contributed by atoms with Gasteiger partial charge in [0.05, 0.1) is 5.41 Å². The van der Waals surface area contributed by atoms with Crippen LogP contribution in [0.1, 0.15) is 36.9 Å². The van der Waals surface area contributed by atoms with Crippen molar-refractivity contribution in [2.75, 3.05) is 24.5 Å². The van der Waals surface area contributed by atoms with Crippen molar-refractivity contribution in [1.29, 1.82) is 5.26 Å². The fraction of sp³-hybridized carbons (Fsp3) is 0.346. The lowest BCUT2D eigenvalue weighted by Crippen LogP contribution is -2.53. The van der Waals surface area contributed by atoms with Gasteiger partial charge in [-0.2, -0.15) is 5.26 Å². The van der Waals surface area contributed by atoms with E-state index in [1.165, 1.54) is 0 Å². The number of likely N-dealkylation sites (tertiary alicyclic amines) is 1. The van der Waals surface area contributed by atoms with Crippen LogP contribution in [-0.2, 0) is 11.3 Å². The van der Waals surface area contributed by atoms with Gasteiger partial charge in [-0.25, -0.2) is 15.0 Å². The quantitative estimate of drug-likeness (QED) is 0.616. The molecule has 2 saturated heterocycles. The molecule has 1 spiro atoms. The van der Waals surface area contributed by atoms with Crippen LogP contribution in [0.3, 0.4) is 0 Å². The maximum atomic E-state index is 13.6. The van der Waals surface area contributed by atoms with E-state index < -0.39 is 0 Å². The van der Waals surface area contributed by atoms with Crippen LogP contribution in [0.5, 0.6) is 0 Å². The summed E-state index contributed by atoms with van der Waals surface area (Å²) < 4.78 is 0. The minimum absolute atomic E-state index is 0.272. The highest BCUT2D eigenvalue weighted by molar-refractivity contribution is 5.84. The Morgan fingerprint density at radius 2 is 1.76 bits per heavy atom. The van der Waals surface area contributed by atoms with E-state index in [0.717, 1.165) is 62.3 Å². The van der Waals surface area contributed by atoms with Crippen LogP contribution in [0, 0.1) is 16.7 Å². The number of carbonyl (C=O) groups is 1. The molecule has 0 unspecified atom stereocenters. The molecule has 33 heavy (non-hydrogen) atoms. The van der Waals surface area contributed by atoms with E-state index in [1.807, 2.05) is 29.2 Å². The van der Waals surface area contributed by atoms with E-state index in [9.17, 15) is 4.79 Å². The molecule has 2 aliphatic rings. The molecule has 1 aromatic carbocycles. The van der Waals surface area contributed by atoms with Gasteiger partial charge in [0.1, 0.15) is 17.6 Å². The zero-order chi connectivity index (χ0) is 22.7. The molecular weight excluding hydrogens is 412 g/mol. The van der Waals surface area contributed by atoms with Crippen LogP contribution in [0.25, 0.3) is 11.4 Å². The summed E-state index contributed by atoms with van der Waals surface area (Å²) in [5, 5.41) is 9.14. The van der Waals surface area contributed by atoms with Gasteiger partial charge in [0.15, 0.2) is 5.82 Å². The van der Waals surface area contributed by atoms with Crippen molar-refractivity contribution in [3.05, 3.63) is 72.2 Å². The van der Waals surface area contributed by atoms with Gasteiger partial charge in [0.25, 0.3) is 0 Å². The zero-order valence-electron chi connectivity index (χ0n) is 18.5. The van der Waals surface area contributed by atoms with E-state index in [1.54, 1.807) is 24.5 Å². The molecule has 0 saturated carbocycles. The Labute approximate surface area is 193 Å². The smallest absolute Gasteiger partial charge is 0.229 e. The summed E-state index contributed by atoms with van der Waals surface area (Å²) >= 11 is 0. The minimum Gasteiger partial charge on any atom is -0.357 e. The summed E-state index contributed by atoms with van der Waals surface area (Å²) in [6, 6.07) is 17.6. The van der Waals surface area contributed by atoms with Gasteiger partial charge in [0.2, 0.25) is 5.91 Å². The third kappa shape index (κ3) is 4.29. The number of aromatic nitrogens is 3. The third-order valence-corrected chi connectivity index (χ3v) is 6.84. The normalized spacial score (nSPS) is 17.7. The molecule has 7 heteroatoms. The lowest BCUT2D eigenvalue weighted by Gasteiger charge is -2.46. The monoisotopic (exact) mass is 438 g/mol. The predicted molar refractivity (Wildman–Crippen MR) is 125 cm³/mol. The highest BCUT2D eigenvalue weighted by atomic mass is 16.2. The lowest BCUT2D eigenvalue weighted by molar-refractivity contribution is -0.148. The largest absolute Gasteiger partial charge is 0.357 e. The average molecular weight is 439 g/mol. The van der Waals surface area contributed by atoms with Gasteiger partial charge in [-0.1, -0.05) is 24.3 Å². The number of pyridine rings is 1. The maximum absolute atomic E-state index is 13.6. The summed E-state index contributed by atoms with van der Waals surface area (Å²) in [5.41, 5.74) is 2.20. The molecule has 3 aromatic rings. The Balaban J connectivity index is 1.28. The van der Waals surface area contributed by atoms with Crippen molar-refractivity contribution >= 4 is 11.7 Å². The predicted octanol–water partition coefficient (Wildman–Crippen LogP) is 3.82. The number of nitrogens with zero attached hydrogens (tertiary/aromatic N) is 6. The summed E-state index contributed by atoms with van der Waals surface area (Å²) in [5.74, 6) is 1.79. The SMILES string of the molecule is N#Cc1cccc(N2CCC3(CCCN(Cc4cccc(-c5ncccn5)c4)C3=O)CC2)n1. The highest BCUT2D eigenvalue weighted by Gasteiger charge is 2.45. The van der Waals surface area contributed by atoms with Crippen molar-refractivity contribution in [3.8, 4) is 17.5 Å². The van der Waals surface area contributed by atoms with Crippen LogP contribution in [-0.4, -0.2) is 45.4 Å². The molecule has 166 valence electrons. The standard InChI is InChI=1S/C26H26N6O/c27-18-22-7-2-8-23(30-22)31-15-10-26(11-16-31)9-3-14-32(25(26)33)19-20-5-1-6-21(17-20)24-28-12-4-13-29-24/h1-2,4-8,12-13,17H,3,9-11,14-16,19H2.